The van der Waals surface area contributed by atoms with Crippen LogP contribution in [0.1, 0.15) is 0 Å². The van der Waals surface area contributed by atoms with Gasteiger partial charge in [0.05, 0.1) is 11.2 Å². The summed E-state index contributed by atoms with van der Waals surface area (Å²) >= 11 is 9.44. The summed E-state index contributed by atoms with van der Waals surface area (Å²) in [5.41, 5.74) is 1.45. The molecule has 0 radical (unpaired) electrons. The Bertz CT molecular complexity index is 582. The van der Waals surface area contributed by atoms with Gasteiger partial charge >= 0.3 is 0 Å². The molecule has 2 aromatic heterocycles. The van der Waals surface area contributed by atoms with Crippen molar-refractivity contribution in [3.8, 4) is 0 Å². The molecule has 19 heavy (non-hydrogen) atoms. The normalized spacial score (nSPS) is 12.3. The van der Waals surface area contributed by atoms with E-state index in [0.717, 1.165) is 18.3 Å². The standard InChI is InChI=1S/C12H17BrClN3OSi/c1-19(2,3)5-4-18-8-17-7-9(14)11-12(17)15-6-10(13)16-11/h6-7H,4-5,8H2,1-3H3. The average Bonchev–Trinajstić information content (AvgIpc) is 2.60. The number of hydrogen-bond acceptors (Lipinski definition) is 3. The topological polar surface area (TPSA) is 39.9 Å². The summed E-state index contributed by atoms with van der Waals surface area (Å²) in [5.74, 6) is 0. The Balaban J connectivity index is 2.05. The van der Waals surface area contributed by atoms with E-state index in [2.05, 4.69) is 45.5 Å². The lowest BCUT2D eigenvalue weighted by molar-refractivity contribution is 0.0899. The van der Waals surface area contributed by atoms with Crippen LogP contribution in [0, 0.1) is 0 Å². The highest BCUT2D eigenvalue weighted by Crippen LogP contribution is 2.23. The molecular formula is C12H17BrClN3OSi. The molecule has 0 bridgehead atoms. The maximum atomic E-state index is 6.14. The van der Waals surface area contributed by atoms with Crippen molar-refractivity contribution in [2.75, 3.05) is 6.61 Å². The van der Waals surface area contributed by atoms with Crippen molar-refractivity contribution in [1.82, 2.24) is 14.5 Å². The lowest BCUT2D eigenvalue weighted by atomic mass is 10.5. The van der Waals surface area contributed by atoms with Crippen molar-refractivity contribution in [2.24, 2.45) is 0 Å². The number of halogens is 2. The molecule has 0 aromatic carbocycles. The molecule has 0 aliphatic carbocycles. The fourth-order valence-electron chi connectivity index (χ4n) is 1.63. The molecule has 0 saturated carbocycles. The second-order valence-electron chi connectivity index (χ2n) is 5.66. The van der Waals surface area contributed by atoms with Crippen molar-refractivity contribution < 1.29 is 4.74 Å². The molecule has 0 saturated heterocycles. The third-order valence-electron chi connectivity index (χ3n) is 2.72. The molecule has 0 amide bonds. The second kappa shape index (κ2) is 5.91. The molecule has 2 heterocycles. The number of ether oxygens (including phenoxy) is 1. The predicted molar refractivity (Wildman–Crippen MR) is 84.3 cm³/mol. The van der Waals surface area contributed by atoms with Gasteiger partial charge in [0, 0.05) is 20.9 Å². The van der Waals surface area contributed by atoms with Crippen LogP contribution in [0.25, 0.3) is 11.2 Å². The molecule has 0 N–H and O–H groups in total. The van der Waals surface area contributed by atoms with Crippen LogP contribution in [-0.2, 0) is 11.5 Å². The van der Waals surface area contributed by atoms with Gasteiger partial charge in [-0.1, -0.05) is 31.2 Å². The Morgan fingerprint density at radius 1 is 1.42 bits per heavy atom. The average molecular weight is 363 g/mol. The molecule has 2 rings (SSSR count). The predicted octanol–water partition coefficient (Wildman–Crippen LogP) is 4.16. The highest BCUT2D eigenvalue weighted by Gasteiger charge is 2.13. The largest absolute Gasteiger partial charge is 0.361 e. The first-order valence-electron chi connectivity index (χ1n) is 6.11. The van der Waals surface area contributed by atoms with Crippen LogP contribution >= 0.6 is 27.5 Å². The van der Waals surface area contributed by atoms with E-state index in [0.29, 0.717) is 21.9 Å². The van der Waals surface area contributed by atoms with E-state index in [1.54, 1.807) is 6.20 Å². The second-order valence-corrected chi connectivity index (χ2v) is 12.5. The molecule has 0 aliphatic heterocycles. The Morgan fingerprint density at radius 3 is 2.84 bits per heavy atom. The third kappa shape index (κ3) is 4.01. The number of aromatic nitrogens is 3. The van der Waals surface area contributed by atoms with Gasteiger partial charge in [-0.15, -0.1) is 0 Å². The van der Waals surface area contributed by atoms with Gasteiger partial charge in [-0.05, 0) is 22.0 Å². The molecule has 2 aromatic rings. The molecule has 4 nitrogen and oxygen atoms in total. The van der Waals surface area contributed by atoms with Crippen molar-refractivity contribution in [3.05, 3.63) is 22.0 Å². The minimum atomic E-state index is -1.05. The summed E-state index contributed by atoms with van der Waals surface area (Å²) in [6.45, 7) is 8.24. The van der Waals surface area contributed by atoms with Crippen LogP contribution in [0.15, 0.2) is 17.0 Å². The number of fused-ring (bicyclic) bond motifs is 1. The highest BCUT2D eigenvalue weighted by atomic mass is 79.9. The Morgan fingerprint density at radius 2 is 2.16 bits per heavy atom. The van der Waals surface area contributed by atoms with Crippen LogP contribution in [0.4, 0.5) is 0 Å². The van der Waals surface area contributed by atoms with Gasteiger partial charge in [0.15, 0.2) is 5.65 Å². The zero-order valence-electron chi connectivity index (χ0n) is 11.3. The molecule has 104 valence electrons. The minimum absolute atomic E-state index is 0.462. The zero-order chi connectivity index (χ0) is 14.0. The smallest absolute Gasteiger partial charge is 0.162 e. The Kier molecular flexibility index (Phi) is 4.65. The molecular weight excluding hydrogens is 346 g/mol. The van der Waals surface area contributed by atoms with Crippen LogP contribution in [0.2, 0.25) is 30.7 Å². The van der Waals surface area contributed by atoms with Gasteiger partial charge in [0.1, 0.15) is 16.9 Å². The summed E-state index contributed by atoms with van der Waals surface area (Å²) < 4.78 is 8.28. The summed E-state index contributed by atoms with van der Waals surface area (Å²) in [5, 5.41) is 0.595. The van der Waals surface area contributed by atoms with Crippen LogP contribution in [0.5, 0.6) is 0 Å². The lowest BCUT2D eigenvalue weighted by Crippen LogP contribution is -2.22. The molecule has 0 fully saturated rings. The minimum Gasteiger partial charge on any atom is -0.361 e. The van der Waals surface area contributed by atoms with E-state index in [1.807, 2.05) is 10.8 Å². The molecule has 0 atom stereocenters. The maximum Gasteiger partial charge on any atom is 0.162 e. The first kappa shape index (κ1) is 15.0. The van der Waals surface area contributed by atoms with Crippen molar-refractivity contribution in [2.45, 2.75) is 32.4 Å². The van der Waals surface area contributed by atoms with Gasteiger partial charge in [-0.2, -0.15) is 0 Å². The van der Waals surface area contributed by atoms with Crippen LogP contribution < -0.4 is 0 Å². The summed E-state index contributed by atoms with van der Waals surface area (Å²) in [7, 11) is -1.05. The maximum absolute atomic E-state index is 6.14. The summed E-state index contributed by atoms with van der Waals surface area (Å²) in [4.78, 5) is 8.64. The van der Waals surface area contributed by atoms with E-state index in [9.17, 15) is 0 Å². The van der Waals surface area contributed by atoms with Crippen LogP contribution in [-0.4, -0.2) is 29.2 Å². The van der Waals surface area contributed by atoms with Crippen LogP contribution in [0.3, 0.4) is 0 Å². The zero-order valence-corrected chi connectivity index (χ0v) is 14.6. The molecule has 0 unspecified atom stereocenters. The number of nitrogens with zero attached hydrogens (tertiary/aromatic N) is 3. The first-order valence-corrected chi connectivity index (χ1v) is 11.0. The van der Waals surface area contributed by atoms with Gasteiger partial charge in [-0.25, -0.2) is 9.97 Å². The van der Waals surface area contributed by atoms with E-state index in [1.165, 1.54) is 0 Å². The number of hydrogen-bond donors (Lipinski definition) is 0. The Labute approximate surface area is 127 Å². The van der Waals surface area contributed by atoms with Gasteiger partial charge in [-0.3, -0.25) is 0 Å². The monoisotopic (exact) mass is 361 g/mol. The van der Waals surface area contributed by atoms with Crippen molar-refractivity contribution in [3.63, 3.8) is 0 Å². The van der Waals surface area contributed by atoms with Crippen molar-refractivity contribution >= 4 is 46.8 Å². The van der Waals surface area contributed by atoms with E-state index in [4.69, 9.17) is 16.3 Å². The van der Waals surface area contributed by atoms with Gasteiger partial charge < -0.3 is 9.30 Å². The quantitative estimate of drug-likeness (QED) is 0.592. The first-order chi connectivity index (χ1) is 8.87. The van der Waals surface area contributed by atoms with Crippen molar-refractivity contribution in [1.29, 1.82) is 0 Å². The SMILES string of the molecule is C[Si](C)(C)CCOCn1cc(Cl)c2nc(Br)cnc21. The summed E-state index contributed by atoms with van der Waals surface area (Å²) in [6.07, 6.45) is 3.48. The third-order valence-corrected chi connectivity index (χ3v) is 5.08. The Hall–Kier alpha value is -0.433. The molecule has 7 heteroatoms. The van der Waals surface area contributed by atoms with Gasteiger partial charge in [0.25, 0.3) is 0 Å². The number of rotatable bonds is 5. The molecule has 0 aliphatic rings. The van der Waals surface area contributed by atoms with E-state index >= 15 is 0 Å². The van der Waals surface area contributed by atoms with Gasteiger partial charge in [0.2, 0.25) is 0 Å². The highest BCUT2D eigenvalue weighted by molar-refractivity contribution is 9.10. The molecule has 0 spiro atoms. The summed E-state index contributed by atoms with van der Waals surface area (Å²) in [6, 6.07) is 1.15. The lowest BCUT2D eigenvalue weighted by Gasteiger charge is -2.15. The fourth-order valence-corrected chi connectivity index (χ4v) is 2.91. The van der Waals surface area contributed by atoms with E-state index in [-0.39, 0.29) is 0 Å². The fraction of sp³-hybridized carbons (Fsp3) is 0.500. The van der Waals surface area contributed by atoms with E-state index < -0.39 is 8.07 Å².